The number of aromatic nitrogens is 2. The Bertz CT molecular complexity index is 598. The monoisotopic (exact) mass is 296 g/mol. The molecule has 0 aromatic carbocycles. The van der Waals surface area contributed by atoms with Gasteiger partial charge in [-0.1, -0.05) is 0 Å². The second kappa shape index (κ2) is 5.23. The van der Waals surface area contributed by atoms with E-state index in [1.165, 1.54) is 4.88 Å². The van der Waals surface area contributed by atoms with Crippen LogP contribution in [-0.2, 0) is 0 Å². The van der Waals surface area contributed by atoms with Crippen molar-refractivity contribution in [1.29, 1.82) is 0 Å². The van der Waals surface area contributed by atoms with Crippen molar-refractivity contribution in [3.63, 3.8) is 0 Å². The number of fused-ring (bicyclic) bond motifs is 1. The fourth-order valence-corrected chi connectivity index (χ4v) is 3.59. The predicted octanol–water partition coefficient (Wildman–Crippen LogP) is 2.80. The normalized spacial score (nSPS) is 17.9. The average Bonchev–Trinajstić information content (AvgIpc) is 2.58. The maximum atomic E-state index is 6.07. The maximum absolute atomic E-state index is 6.07. The molecule has 2 aromatic heterocycles. The van der Waals surface area contributed by atoms with Crippen LogP contribution in [0.3, 0.4) is 0 Å². The molecule has 6 heteroatoms. The largest absolute Gasteiger partial charge is 0.355 e. The highest BCUT2D eigenvalue weighted by Crippen LogP contribution is 2.32. The van der Waals surface area contributed by atoms with Crippen molar-refractivity contribution in [2.45, 2.75) is 13.3 Å². The van der Waals surface area contributed by atoms with Crippen LogP contribution < -0.4 is 4.90 Å². The minimum atomic E-state index is 0.349. The van der Waals surface area contributed by atoms with Crippen LogP contribution in [0.2, 0.25) is 5.28 Å². The van der Waals surface area contributed by atoms with Crippen LogP contribution in [0.4, 0.5) is 5.82 Å². The Morgan fingerprint density at radius 2 is 2.05 bits per heavy atom. The number of anilines is 1. The van der Waals surface area contributed by atoms with Crippen molar-refractivity contribution in [3.05, 3.63) is 16.2 Å². The van der Waals surface area contributed by atoms with Crippen LogP contribution in [-0.4, -0.2) is 48.1 Å². The summed E-state index contributed by atoms with van der Waals surface area (Å²) in [6.07, 6.45) is 1.16. The van der Waals surface area contributed by atoms with Crippen LogP contribution in [0.5, 0.6) is 0 Å². The molecule has 0 aliphatic carbocycles. The second-order valence-corrected chi connectivity index (χ2v) is 6.61. The van der Waals surface area contributed by atoms with E-state index < -0.39 is 0 Å². The summed E-state index contributed by atoms with van der Waals surface area (Å²) in [7, 11) is 2.17. The van der Waals surface area contributed by atoms with Crippen molar-refractivity contribution < 1.29 is 0 Å². The SMILES string of the molecule is Cc1cc2c(N3CCCN(C)CC3)nc(Cl)nc2s1. The van der Waals surface area contributed by atoms with Gasteiger partial charge >= 0.3 is 0 Å². The third-order valence-electron chi connectivity index (χ3n) is 3.49. The molecule has 0 atom stereocenters. The van der Waals surface area contributed by atoms with E-state index in [0.717, 1.165) is 48.6 Å². The molecule has 1 fully saturated rings. The average molecular weight is 297 g/mol. The zero-order valence-electron chi connectivity index (χ0n) is 11.2. The summed E-state index contributed by atoms with van der Waals surface area (Å²) in [5.41, 5.74) is 0. The van der Waals surface area contributed by atoms with Gasteiger partial charge in [-0.25, -0.2) is 4.98 Å². The van der Waals surface area contributed by atoms with Gasteiger partial charge in [0.25, 0.3) is 0 Å². The van der Waals surface area contributed by atoms with Gasteiger partial charge in [-0.05, 0) is 44.6 Å². The van der Waals surface area contributed by atoms with Gasteiger partial charge in [-0.15, -0.1) is 11.3 Å². The Labute approximate surface area is 122 Å². The molecule has 2 aromatic rings. The van der Waals surface area contributed by atoms with E-state index >= 15 is 0 Å². The Morgan fingerprint density at radius 3 is 2.89 bits per heavy atom. The highest BCUT2D eigenvalue weighted by Gasteiger charge is 2.18. The van der Waals surface area contributed by atoms with Crippen LogP contribution >= 0.6 is 22.9 Å². The standard InChI is InChI=1S/C13H17ClN4S/c1-9-8-10-11(15-13(14)16-12(10)19-9)18-5-3-4-17(2)6-7-18/h8H,3-7H2,1-2H3. The molecule has 0 bridgehead atoms. The lowest BCUT2D eigenvalue weighted by molar-refractivity contribution is 0.360. The number of hydrogen-bond acceptors (Lipinski definition) is 5. The molecule has 0 amide bonds. The smallest absolute Gasteiger partial charge is 0.225 e. The maximum Gasteiger partial charge on any atom is 0.225 e. The summed E-state index contributed by atoms with van der Waals surface area (Å²) in [5.74, 6) is 0.995. The Kier molecular flexibility index (Phi) is 3.60. The first-order chi connectivity index (χ1) is 9.13. The molecule has 0 N–H and O–H groups in total. The molecule has 0 spiro atoms. The highest BCUT2D eigenvalue weighted by molar-refractivity contribution is 7.18. The van der Waals surface area contributed by atoms with Gasteiger partial charge < -0.3 is 9.80 Å². The van der Waals surface area contributed by atoms with Crippen molar-refractivity contribution >= 4 is 39.0 Å². The first-order valence-electron chi connectivity index (χ1n) is 6.50. The number of likely N-dealkylation sites (N-methyl/N-ethyl adjacent to an activating group) is 1. The number of rotatable bonds is 1. The van der Waals surface area contributed by atoms with E-state index in [1.807, 2.05) is 0 Å². The number of hydrogen-bond donors (Lipinski definition) is 0. The lowest BCUT2D eigenvalue weighted by Crippen LogP contribution is -2.29. The zero-order valence-corrected chi connectivity index (χ0v) is 12.8. The first kappa shape index (κ1) is 13.1. The second-order valence-electron chi connectivity index (χ2n) is 5.04. The molecule has 102 valence electrons. The minimum absolute atomic E-state index is 0.349. The van der Waals surface area contributed by atoms with Gasteiger partial charge in [-0.3, -0.25) is 0 Å². The number of halogens is 1. The van der Waals surface area contributed by atoms with Gasteiger partial charge in [0.15, 0.2) is 0 Å². The summed E-state index contributed by atoms with van der Waals surface area (Å²) in [6.45, 7) is 6.32. The zero-order chi connectivity index (χ0) is 13.4. The topological polar surface area (TPSA) is 32.3 Å². The van der Waals surface area contributed by atoms with E-state index in [-0.39, 0.29) is 0 Å². The molecular weight excluding hydrogens is 280 g/mol. The molecule has 4 nitrogen and oxygen atoms in total. The summed E-state index contributed by atoms with van der Waals surface area (Å²) in [6, 6.07) is 2.17. The number of thiophene rings is 1. The molecule has 1 aliphatic rings. The van der Waals surface area contributed by atoms with E-state index in [0.29, 0.717) is 5.28 Å². The molecule has 1 saturated heterocycles. The first-order valence-corrected chi connectivity index (χ1v) is 7.70. The van der Waals surface area contributed by atoms with Gasteiger partial charge in [0.2, 0.25) is 5.28 Å². The van der Waals surface area contributed by atoms with Crippen LogP contribution in [0.1, 0.15) is 11.3 Å². The van der Waals surface area contributed by atoms with Crippen LogP contribution in [0, 0.1) is 6.92 Å². The third kappa shape index (κ3) is 2.68. The van der Waals surface area contributed by atoms with Gasteiger partial charge in [-0.2, -0.15) is 4.98 Å². The lowest BCUT2D eigenvalue weighted by Gasteiger charge is -2.22. The van der Waals surface area contributed by atoms with E-state index in [9.17, 15) is 0 Å². The number of aryl methyl sites for hydroxylation is 1. The Balaban J connectivity index is 2.03. The third-order valence-corrected chi connectivity index (χ3v) is 4.60. The number of nitrogens with zero attached hydrogens (tertiary/aromatic N) is 4. The molecular formula is C13H17ClN4S. The fourth-order valence-electron chi connectivity index (χ4n) is 2.50. The molecule has 0 unspecified atom stereocenters. The van der Waals surface area contributed by atoms with Crippen molar-refractivity contribution in [1.82, 2.24) is 14.9 Å². The van der Waals surface area contributed by atoms with Crippen molar-refractivity contribution in [3.8, 4) is 0 Å². The van der Waals surface area contributed by atoms with E-state index in [1.54, 1.807) is 11.3 Å². The molecule has 3 rings (SSSR count). The van der Waals surface area contributed by atoms with Crippen molar-refractivity contribution in [2.24, 2.45) is 0 Å². The van der Waals surface area contributed by atoms with E-state index in [2.05, 4.69) is 39.8 Å². The quantitative estimate of drug-likeness (QED) is 0.758. The summed E-state index contributed by atoms with van der Waals surface area (Å²) in [5, 5.41) is 1.48. The molecule has 0 saturated carbocycles. The predicted molar refractivity (Wildman–Crippen MR) is 81.5 cm³/mol. The summed E-state index contributed by atoms with van der Waals surface area (Å²) in [4.78, 5) is 15.7. The molecule has 0 radical (unpaired) electrons. The fraction of sp³-hybridized carbons (Fsp3) is 0.538. The van der Waals surface area contributed by atoms with E-state index in [4.69, 9.17) is 11.6 Å². The summed E-state index contributed by atoms with van der Waals surface area (Å²) >= 11 is 7.75. The van der Waals surface area contributed by atoms with Crippen LogP contribution in [0.25, 0.3) is 10.2 Å². The summed E-state index contributed by atoms with van der Waals surface area (Å²) < 4.78 is 0. The Morgan fingerprint density at radius 1 is 1.21 bits per heavy atom. The molecule has 3 heterocycles. The molecule has 19 heavy (non-hydrogen) atoms. The van der Waals surface area contributed by atoms with Crippen molar-refractivity contribution in [2.75, 3.05) is 38.1 Å². The molecule has 1 aliphatic heterocycles. The highest BCUT2D eigenvalue weighted by atomic mass is 35.5. The van der Waals surface area contributed by atoms with Crippen LogP contribution in [0.15, 0.2) is 6.07 Å². The Hall–Kier alpha value is -0.910. The van der Waals surface area contributed by atoms with Gasteiger partial charge in [0.1, 0.15) is 10.6 Å². The van der Waals surface area contributed by atoms with Gasteiger partial charge in [0.05, 0.1) is 5.39 Å². The van der Waals surface area contributed by atoms with Gasteiger partial charge in [0, 0.05) is 24.5 Å². The lowest BCUT2D eigenvalue weighted by atomic mass is 10.3. The minimum Gasteiger partial charge on any atom is -0.355 e.